The molecule has 0 saturated heterocycles. The van der Waals surface area contributed by atoms with Crippen molar-refractivity contribution in [1.82, 2.24) is 0 Å². The number of carboxylic acids is 1. The van der Waals surface area contributed by atoms with Gasteiger partial charge in [0.15, 0.2) is 0 Å². The minimum Gasteiger partial charge on any atom is -0.481 e. The van der Waals surface area contributed by atoms with Crippen LogP contribution >= 0.6 is 0 Å². The molecule has 7 rings (SSSR count). The van der Waals surface area contributed by atoms with E-state index >= 15 is 0 Å². The van der Waals surface area contributed by atoms with Crippen molar-refractivity contribution < 1.29 is 14.7 Å². The summed E-state index contributed by atoms with van der Waals surface area (Å²) in [5, 5.41) is 7.68. The van der Waals surface area contributed by atoms with E-state index in [0.29, 0.717) is 6.29 Å². The van der Waals surface area contributed by atoms with Gasteiger partial charge in [0.1, 0.15) is 12.7 Å². The first-order chi connectivity index (χ1) is 9.67. The smallest absolute Gasteiger partial charge is 0.310 e. The highest BCUT2D eigenvalue weighted by molar-refractivity contribution is 5.82. The third-order valence-electron chi connectivity index (χ3n) is 7.19. The molecule has 0 atom stereocenters. The Kier molecular flexibility index (Phi) is 2.94. The lowest BCUT2D eigenvalue weighted by atomic mass is 9.36. The van der Waals surface area contributed by atoms with Gasteiger partial charge in [0.25, 0.3) is 0 Å². The molecule has 0 unspecified atom stereocenters. The fraction of sp³-hybridized carbons (Fsp3) is 0.882. The second kappa shape index (κ2) is 4.57. The van der Waals surface area contributed by atoms with Gasteiger partial charge in [0.05, 0.1) is 0 Å². The summed E-state index contributed by atoms with van der Waals surface area (Å²) in [6.45, 7) is 0. The molecule has 7 aliphatic rings. The topological polar surface area (TPSA) is 54.4 Å². The summed E-state index contributed by atoms with van der Waals surface area (Å²) < 4.78 is 0. The van der Waals surface area contributed by atoms with Crippen LogP contribution in [0.15, 0.2) is 0 Å². The highest BCUT2D eigenvalue weighted by Gasteiger charge is 2.63. The maximum absolute atomic E-state index is 9.37. The maximum atomic E-state index is 9.37. The summed E-state index contributed by atoms with van der Waals surface area (Å²) in [5.74, 6) is 8.66. The summed E-state index contributed by atoms with van der Waals surface area (Å²) in [7, 11) is 0. The molecular formula is C17H24O3. The van der Waals surface area contributed by atoms with E-state index in [-0.39, 0.29) is 6.42 Å². The van der Waals surface area contributed by atoms with Crippen molar-refractivity contribution in [3.05, 3.63) is 0 Å². The maximum Gasteiger partial charge on any atom is 0.310 e. The molecule has 3 nitrogen and oxygen atoms in total. The number of aliphatic carboxylic acids is 1. The highest BCUT2D eigenvalue weighted by atomic mass is 16.4. The van der Waals surface area contributed by atoms with Gasteiger partial charge in [0.2, 0.25) is 0 Å². The van der Waals surface area contributed by atoms with Crippen molar-refractivity contribution >= 4 is 12.3 Å². The first-order valence-corrected chi connectivity index (χ1v) is 8.32. The van der Waals surface area contributed by atoms with Crippen LogP contribution in [0.5, 0.6) is 0 Å². The molecule has 0 aromatic rings. The highest BCUT2D eigenvalue weighted by Crippen LogP contribution is 2.71. The van der Waals surface area contributed by atoms with E-state index in [2.05, 4.69) is 0 Å². The van der Waals surface area contributed by atoms with Crippen molar-refractivity contribution in [3.63, 3.8) is 0 Å². The molecule has 0 radical (unpaired) electrons. The molecule has 8 bridgehead atoms. The van der Waals surface area contributed by atoms with E-state index < -0.39 is 5.97 Å². The van der Waals surface area contributed by atoms with Gasteiger partial charge in [-0.15, -0.1) is 0 Å². The predicted molar refractivity (Wildman–Crippen MR) is 73.9 cm³/mol. The lowest BCUT2D eigenvalue weighted by Gasteiger charge is -2.69. The van der Waals surface area contributed by atoms with Gasteiger partial charge >= 0.3 is 5.97 Å². The van der Waals surface area contributed by atoms with Crippen molar-refractivity contribution in [2.45, 2.75) is 44.9 Å². The number of carbonyl (C=O) groups is 2. The van der Waals surface area contributed by atoms with Gasteiger partial charge in [-0.3, -0.25) is 4.79 Å². The lowest BCUT2D eigenvalue weighted by molar-refractivity contribution is -0.202. The molecular weight excluding hydrogens is 252 g/mol. The van der Waals surface area contributed by atoms with Crippen molar-refractivity contribution in [1.29, 1.82) is 0 Å². The third-order valence-corrected chi connectivity index (χ3v) is 7.19. The number of aldehydes is 1. The van der Waals surface area contributed by atoms with Crippen LogP contribution in [0.4, 0.5) is 0 Å². The van der Waals surface area contributed by atoms with Crippen molar-refractivity contribution in [3.8, 4) is 0 Å². The largest absolute Gasteiger partial charge is 0.481 e. The van der Waals surface area contributed by atoms with Gasteiger partial charge in [-0.05, 0) is 85.9 Å². The molecule has 20 heavy (non-hydrogen) atoms. The second-order valence-electron chi connectivity index (χ2n) is 7.89. The minimum atomic E-state index is -1.08. The number of hydrogen-bond donors (Lipinski definition) is 1. The molecule has 7 saturated carbocycles. The normalized spacial score (nSPS) is 52.6. The zero-order valence-corrected chi connectivity index (χ0v) is 11.9. The van der Waals surface area contributed by atoms with E-state index in [1.54, 1.807) is 38.5 Å². The Morgan fingerprint density at radius 1 is 0.800 bits per heavy atom. The molecule has 0 aromatic heterocycles. The molecule has 7 fully saturated rings. The Balaban J connectivity index is 0.000000154. The Hall–Kier alpha value is -0.860. The second-order valence-corrected chi connectivity index (χ2v) is 7.89. The van der Waals surface area contributed by atoms with Crippen LogP contribution in [0.25, 0.3) is 0 Å². The van der Waals surface area contributed by atoms with Crippen LogP contribution in [0.1, 0.15) is 44.9 Å². The van der Waals surface area contributed by atoms with E-state index in [9.17, 15) is 9.59 Å². The van der Waals surface area contributed by atoms with Gasteiger partial charge in [0, 0.05) is 0 Å². The average Bonchev–Trinajstić information content (AvgIpc) is 2.44. The van der Waals surface area contributed by atoms with E-state index in [1.807, 2.05) is 0 Å². The van der Waals surface area contributed by atoms with E-state index in [4.69, 9.17) is 5.11 Å². The Morgan fingerprint density at radius 3 is 1.25 bits per heavy atom. The molecule has 3 heteroatoms. The lowest BCUT2D eigenvalue weighted by Crippen LogP contribution is -2.62. The van der Waals surface area contributed by atoms with Crippen LogP contribution in [0.3, 0.4) is 0 Å². The summed E-state index contributed by atoms with van der Waals surface area (Å²) in [4.78, 5) is 18.6. The quantitative estimate of drug-likeness (QED) is 0.623. The third kappa shape index (κ3) is 1.78. The Labute approximate surface area is 120 Å². The monoisotopic (exact) mass is 276 g/mol. The number of hydrogen-bond acceptors (Lipinski definition) is 2. The summed E-state index contributed by atoms with van der Waals surface area (Å²) >= 11 is 0. The summed E-state index contributed by atoms with van der Waals surface area (Å²) in [6.07, 6.45) is 9.89. The standard InChI is InChI=1S/C14H20.C3H4O3/c1-7-2-12-10-4-8-5-11(9(1)10)13(3-7)14(12)6-8;4-2-1-3(5)6/h7-14H,1-6H2;2H,1H2,(H,5,6). The molecule has 110 valence electrons. The molecule has 0 heterocycles. The summed E-state index contributed by atoms with van der Waals surface area (Å²) in [6, 6.07) is 0. The van der Waals surface area contributed by atoms with Crippen molar-refractivity contribution in [2.24, 2.45) is 47.3 Å². The van der Waals surface area contributed by atoms with Gasteiger partial charge < -0.3 is 9.90 Å². The molecule has 0 aromatic carbocycles. The van der Waals surface area contributed by atoms with E-state index in [1.165, 1.54) is 47.3 Å². The van der Waals surface area contributed by atoms with Crippen LogP contribution in [0, 0.1) is 47.3 Å². The number of rotatable bonds is 2. The molecule has 7 aliphatic carbocycles. The fourth-order valence-electron chi connectivity index (χ4n) is 6.96. The Bertz CT molecular complexity index is 342. The zero-order valence-electron chi connectivity index (χ0n) is 11.9. The number of carbonyl (C=O) groups excluding carboxylic acids is 1. The van der Waals surface area contributed by atoms with Crippen LogP contribution in [0.2, 0.25) is 0 Å². The first kappa shape index (κ1) is 12.8. The minimum absolute atomic E-state index is 0.350. The van der Waals surface area contributed by atoms with Gasteiger partial charge in [-0.25, -0.2) is 0 Å². The van der Waals surface area contributed by atoms with Gasteiger partial charge in [-0.2, -0.15) is 0 Å². The van der Waals surface area contributed by atoms with Crippen LogP contribution < -0.4 is 0 Å². The SMILES string of the molecule is C1C2CC3C4CC5CC(C14)C(C2)C3C5.O=CCC(=O)O. The zero-order chi connectivity index (χ0) is 13.9. The predicted octanol–water partition coefficient (Wildman–Crippen LogP) is 2.98. The number of carboxylic acid groups (broad SMARTS) is 1. The average molecular weight is 276 g/mol. The molecule has 0 amide bonds. The van der Waals surface area contributed by atoms with Crippen LogP contribution in [-0.4, -0.2) is 17.4 Å². The van der Waals surface area contributed by atoms with Crippen LogP contribution in [-0.2, 0) is 9.59 Å². The fourth-order valence-corrected chi connectivity index (χ4v) is 6.96. The van der Waals surface area contributed by atoms with Gasteiger partial charge in [-0.1, -0.05) is 0 Å². The molecule has 0 spiro atoms. The Morgan fingerprint density at radius 2 is 1.10 bits per heavy atom. The molecule has 0 aliphatic heterocycles. The van der Waals surface area contributed by atoms with E-state index in [0.717, 1.165) is 0 Å². The van der Waals surface area contributed by atoms with Crippen molar-refractivity contribution in [2.75, 3.05) is 0 Å². The summed E-state index contributed by atoms with van der Waals surface area (Å²) in [5.41, 5.74) is 0. The first-order valence-electron chi connectivity index (χ1n) is 8.32. The molecule has 1 N–H and O–H groups in total.